The molecule has 0 spiro atoms. The largest absolute Gasteiger partial charge is 0.466 e. The van der Waals surface area contributed by atoms with E-state index < -0.39 is 49.5 Å². The summed E-state index contributed by atoms with van der Waals surface area (Å²) in [6, 6.07) is -0.815. The lowest BCUT2D eigenvalue weighted by Crippen LogP contribution is -2.60. The Bertz CT molecular complexity index is 1390. The summed E-state index contributed by atoms with van der Waals surface area (Å²) in [5.74, 6) is -0.188. The van der Waals surface area contributed by atoms with Crippen LogP contribution >= 0.6 is 0 Å². The van der Waals surface area contributed by atoms with Gasteiger partial charge in [-0.25, -0.2) is 0 Å². The second kappa shape index (κ2) is 56.7. The molecule has 1 aliphatic rings. The minimum Gasteiger partial charge on any atom is -0.466 e. The Morgan fingerprint density at radius 2 is 0.859 bits per heavy atom. The van der Waals surface area contributed by atoms with Gasteiger partial charge >= 0.3 is 5.97 Å². The maximum absolute atomic E-state index is 13.1. The van der Waals surface area contributed by atoms with Crippen LogP contribution in [0.15, 0.2) is 36.5 Å². The fraction of sp³-hybridized carbons (Fsp3) is 0.881. The Morgan fingerprint density at radius 1 is 0.474 bits per heavy atom. The van der Waals surface area contributed by atoms with Gasteiger partial charge in [-0.05, 0) is 64.2 Å². The van der Waals surface area contributed by atoms with Gasteiger partial charge in [-0.3, -0.25) is 9.59 Å². The van der Waals surface area contributed by atoms with E-state index in [0.717, 1.165) is 77.0 Å². The highest BCUT2D eigenvalue weighted by Crippen LogP contribution is 2.23. The number of carbonyl (C=O) groups excluding carboxylic acids is 2. The van der Waals surface area contributed by atoms with Crippen molar-refractivity contribution in [1.82, 2.24) is 5.32 Å². The molecular formula is C67H125NO10. The third-order valence-electron chi connectivity index (χ3n) is 15.7. The average Bonchev–Trinajstić information content (AvgIpc) is 3.45. The van der Waals surface area contributed by atoms with Gasteiger partial charge in [0.2, 0.25) is 5.91 Å². The number of unbranched alkanes of at least 4 members (excludes halogenated alkanes) is 40. The Hall–Kier alpha value is -2.12. The van der Waals surface area contributed by atoms with Crippen molar-refractivity contribution < 1.29 is 49.3 Å². The van der Waals surface area contributed by atoms with Gasteiger partial charge in [0.25, 0.3) is 0 Å². The van der Waals surface area contributed by atoms with Gasteiger partial charge < -0.3 is 45.1 Å². The predicted molar refractivity (Wildman–Crippen MR) is 324 cm³/mol. The summed E-state index contributed by atoms with van der Waals surface area (Å²) >= 11 is 0. The summed E-state index contributed by atoms with van der Waals surface area (Å²) in [7, 11) is 0. The van der Waals surface area contributed by atoms with Gasteiger partial charge in [-0.15, -0.1) is 0 Å². The topological polar surface area (TPSA) is 175 Å². The second-order valence-corrected chi connectivity index (χ2v) is 23.2. The molecule has 11 nitrogen and oxygen atoms in total. The standard InChI is InChI=1S/C67H125NO10/c1-3-5-7-9-11-13-15-16-30-34-37-41-45-49-53-60(70)59(58-77-67-66(75)65(74)64(73)61(57-69)78-67)68-62(71)54-50-46-42-38-35-31-28-26-24-22-20-18-17-19-21-23-25-27-29-32-36-40-44-48-52-56-76-63(72)55-51-47-43-39-33-14-12-10-8-6-4-2/h18-21,49,53,59-61,64-67,69-70,73-75H,3-17,22-48,50-52,54-58H2,1-2H3,(H,68,71)/b20-18-,21-19-,53-49+. The minimum absolute atomic E-state index is 0.00175. The van der Waals surface area contributed by atoms with Crippen molar-refractivity contribution in [2.24, 2.45) is 0 Å². The molecule has 0 aliphatic carbocycles. The third-order valence-corrected chi connectivity index (χ3v) is 15.7. The van der Waals surface area contributed by atoms with Crippen LogP contribution in [0.25, 0.3) is 0 Å². The minimum atomic E-state index is -1.57. The zero-order valence-corrected chi connectivity index (χ0v) is 50.6. The summed E-state index contributed by atoms with van der Waals surface area (Å²) in [5.41, 5.74) is 0. The number of ether oxygens (including phenoxy) is 3. The molecule has 1 amide bonds. The van der Waals surface area contributed by atoms with Gasteiger partial charge in [-0.1, -0.05) is 275 Å². The first-order valence-electron chi connectivity index (χ1n) is 33.3. The van der Waals surface area contributed by atoms with Crippen LogP contribution < -0.4 is 5.32 Å². The molecule has 78 heavy (non-hydrogen) atoms. The number of hydrogen-bond donors (Lipinski definition) is 6. The number of amides is 1. The zero-order valence-electron chi connectivity index (χ0n) is 50.6. The highest BCUT2D eigenvalue weighted by molar-refractivity contribution is 5.76. The fourth-order valence-corrected chi connectivity index (χ4v) is 10.5. The van der Waals surface area contributed by atoms with Crippen molar-refractivity contribution in [2.45, 2.75) is 358 Å². The van der Waals surface area contributed by atoms with Gasteiger partial charge in [0, 0.05) is 12.8 Å². The van der Waals surface area contributed by atoms with Crippen molar-refractivity contribution in [2.75, 3.05) is 19.8 Å². The molecule has 7 unspecified atom stereocenters. The number of nitrogens with one attached hydrogen (secondary N) is 1. The molecule has 1 aliphatic heterocycles. The number of esters is 1. The first kappa shape index (κ1) is 73.9. The molecule has 6 N–H and O–H groups in total. The van der Waals surface area contributed by atoms with Crippen molar-refractivity contribution >= 4 is 11.9 Å². The lowest BCUT2D eigenvalue weighted by atomic mass is 9.99. The average molecular weight is 1100 g/mol. The first-order chi connectivity index (χ1) is 38.2. The van der Waals surface area contributed by atoms with Crippen LogP contribution in [0.5, 0.6) is 0 Å². The van der Waals surface area contributed by atoms with E-state index in [1.54, 1.807) is 6.08 Å². The molecule has 1 heterocycles. The molecule has 11 heteroatoms. The number of rotatable bonds is 58. The SMILES string of the molecule is CCCCCCCCCCCCCC/C=C/C(O)C(COC1OC(CO)C(O)C(O)C1O)NC(=O)CCCCCCCCCCC/C=C\C/C=C\CCCCCCCCCCCOC(=O)CCCCCCCCCCCCC. The van der Waals surface area contributed by atoms with Crippen LogP contribution in [-0.4, -0.2) is 100 Å². The molecular weight excluding hydrogens is 979 g/mol. The molecule has 0 aromatic heterocycles. The molecule has 458 valence electrons. The van der Waals surface area contributed by atoms with Crippen molar-refractivity contribution in [3.05, 3.63) is 36.5 Å². The summed E-state index contributed by atoms with van der Waals surface area (Å²) in [6.07, 6.45) is 61.0. The fourth-order valence-electron chi connectivity index (χ4n) is 10.5. The third kappa shape index (κ3) is 45.5. The molecule has 0 aromatic carbocycles. The Balaban J connectivity index is 2.06. The molecule has 7 atom stereocenters. The number of aliphatic hydroxyl groups excluding tert-OH is 5. The highest BCUT2D eigenvalue weighted by atomic mass is 16.7. The normalized spacial score (nSPS) is 18.7. The van der Waals surface area contributed by atoms with Crippen LogP contribution in [0.1, 0.15) is 316 Å². The van der Waals surface area contributed by atoms with Crippen LogP contribution in [-0.2, 0) is 23.8 Å². The molecule has 0 saturated carbocycles. The second-order valence-electron chi connectivity index (χ2n) is 23.2. The maximum atomic E-state index is 13.1. The highest BCUT2D eigenvalue weighted by Gasteiger charge is 2.44. The van der Waals surface area contributed by atoms with E-state index in [1.807, 2.05) is 6.08 Å². The predicted octanol–water partition coefficient (Wildman–Crippen LogP) is 16.2. The lowest BCUT2D eigenvalue weighted by molar-refractivity contribution is -0.302. The maximum Gasteiger partial charge on any atom is 0.305 e. The smallest absolute Gasteiger partial charge is 0.305 e. The number of carbonyl (C=O) groups is 2. The Morgan fingerprint density at radius 3 is 1.29 bits per heavy atom. The van der Waals surface area contributed by atoms with E-state index in [0.29, 0.717) is 19.4 Å². The van der Waals surface area contributed by atoms with Gasteiger partial charge in [-0.2, -0.15) is 0 Å². The van der Waals surface area contributed by atoms with E-state index in [1.165, 1.54) is 212 Å². The molecule has 1 saturated heterocycles. The summed E-state index contributed by atoms with van der Waals surface area (Å²) in [5, 5.41) is 54.5. The van der Waals surface area contributed by atoms with Crippen molar-refractivity contribution in [3.63, 3.8) is 0 Å². The first-order valence-corrected chi connectivity index (χ1v) is 33.3. The van der Waals surface area contributed by atoms with Gasteiger partial charge in [0.05, 0.1) is 32.0 Å². The van der Waals surface area contributed by atoms with Gasteiger partial charge in [0.15, 0.2) is 6.29 Å². The molecule has 1 rings (SSSR count). The number of aliphatic hydroxyl groups is 5. The van der Waals surface area contributed by atoms with E-state index in [-0.39, 0.29) is 18.5 Å². The Labute approximate surface area is 479 Å². The van der Waals surface area contributed by atoms with Crippen LogP contribution in [0.3, 0.4) is 0 Å². The summed E-state index contributed by atoms with van der Waals surface area (Å²) in [4.78, 5) is 25.1. The van der Waals surface area contributed by atoms with E-state index in [9.17, 15) is 35.1 Å². The quantitative estimate of drug-likeness (QED) is 0.0195. The molecule has 0 bridgehead atoms. The summed E-state index contributed by atoms with van der Waals surface area (Å²) in [6.45, 7) is 4.35. The van der Waals surface area contributed by atoms with Crippen LogP contribution in [0.2, 0.25) is 0 Å². The van der Waals surface area contributed by atoms with Crippen LogP contribution in [0.4, 0.5) is 0 Å². The monoisotopic (exact) mass is 1100 g/mol. The van der Waals surface area contributed by atoms with E-state index in [2.05, 4.69) is 43.5 Å². The van der Waals surface area contributed by atoms with E-state index in [4.69, 9.17) is 14.2 Å². The van der Waals surface area contributed by atoms with E-state index >= 15 is 0 Å². The molecule has 1 fully saturated rings. The van der Waals surface area contributed by atoms with Crippen molar-refractivity contribution in [3.8, 4) is 0 Å². The van der Waals surface area contributed by atoms with Crippen LogP contribution in [0, 0.1) is 0 Å². The molecule has 0 aromatic rings. The zero-order chi connectivity index (χ0) is 56.6. The van der Waals surface area contributed by atoms with Crippen molar-refractivity contribution in [1.29, 1.82) is 0 Å². The summed E-state index contributed by atoms with van der Waals surface area (Å²) < 4.78 is 16.7. The lowest BCUT2D eigenvalue weighted by Gasteiger charge is -2.40. The Kier molecular flexibility index (Phi) is 53.7. The molecule has 0 radical (unpaired) electrons. The number of allylic oxidation sites excluding steroid dienone is 5. The number of hydrogen-bond acceptors (Lipinski definition) is 10. The van der Waals surface area contributed by atoms with Gasteiger partial charge in [0.1, 0.15) is 24.4 Å².